The molecule has 2 aromatic rings. The first-order valence-corrected chi connectivity index (χ1v) is 9.12. The first-order valence-electron chi connectivity index (χ1n) is 9.12. The molecule has 6 nitrogen and oxygen atoms in total. The molecule has 152 valence electrons. The van der Waals surface area contributed by atoms with Gasteiger partial charge in [0.1, 0.15) is 29.1 Å². The smallest absolute Gasteiger partial charge is 0.305 e. The van der Waals surface area contributed by atoms with E-state index < -0.39 is 6.10 Å². The van der Waals surface area contributed by atoms with Crippen molar-refractivity contribution in [2.24, 2.45) is 0 Å². The van der Waals surface area contributed by atoms with Crippen LogP contribution in [0.4, 0.5) is 0 Å². The van der Waals surface area contributed by atoms with Crippen molar-refractivity contribution in [1.82, 2.24) is 0 Å². The van der Waals surface area contributed by atoms with Crippen LogP contribution < -0.4 is 18.9 Å². The maximum atomic E-state index is 12.0. The third-order valence-electron chi connectivity index (χ3n) is 4.62. The standard InChI is InChI=1S/C22H28O6/c1-7-21(23)28-14(2)22(17-12-15(24-3)8-10-19(17)26-5)18-13-16(25-4)9-11-20(18)27-6/h8-14,22H,7H2,1-6H3. The summed E-state index contributed by atoms with van der Waals surface area (Å²) in [5, 5.41) is 0. The van der Waals surface area contributed by atoms with Crippen molar-refractivity contribution in [2.75, 3.05) is 28.4 Å². The summed E-state index contributed by atoms with van der Waals surface area (Å²) in [7, 11) is 6.42. The second-order valence-electron chi connectivity index (χ2n) is 6.24. The Hall–Kier alpha value is -2.89. The summed E-state index contributed by atoms with van der Waals surface area (Å²) in [6.07, 6.45) is -0.184. The van der Waals surface area contributed by atoms with Crippen LogP contribution >= 0.6 is 0 Å². The van der Waals surface area contributed by atoms with Crippen molar-refractivity contribution in [3.8, 4) is 23.0 Å². The average molecular weight is 388 g/mol. The molecule has 0 radical (unpaired) electrons. The molecule has 1 unspecified atom stereocenters. The largest absolute Gasteiger partial charge is 0.497 e. The van der Waals surface area contributed by atoms with E-state index in [1.54, 1.807) is 35.4 Å². The van der Waals surface area contributed by atoms with Crippen LogP contribution in [0.25, 0.3) is 0 Å². The molecule has 0 aliphatic carbocycles. The molecule has 0 aromatic heterocycles. The van der Waals surface area contributed by atoms with Crippen molar-refractivity contribution in [2.45, 2.75) is 32.3 Å². The average Bonchev–Trinajstić information content (AvgIpc) is 2.73. The lowest BCUT2D eigenvalue weighted by atomic mass is 9.85. The summed E-state index contributed by atoms with van der Waals surface area (Å²) in [6, 6.07) is 11.1. The van der Waals surface area contributed by atoms with Gasteiger partial charge < -0.3 is 23.7 Å². The molecule has 0 spiro atoms. The Morgan fingerprint density at radius 3 is 1.64 bits per heavy atom. The zero-order chi connectivity index (χ0) is 20.7. The summed E-state index contributed by atoms with van der Waals surface area (Å²) in [5.74, 6) is 2.05. The van der Waals surface area contributed by atoms with Gasteiger partial charge >= 0.3 is 5.97 Å². The van der Waals surface area contributed by atoms with E-state index in [0.29, 0.717) is 29.4 Å². The molecule has 1 atom stereocenters. The molecule has 2 rings (SSSR count). The molecule has 0 amide bonds. The van der Waals surface area contributed by atoms with Crippen LogP contribution in [-0.4, -0.2) is 40.5 Å². The molecule has 6 heteroatoms. The predicted octanol–water partition coefficient (Wildman–Crippen LogP) is 4.19. The molecule has 0 N–H and O–H groups in total. The van der Waals surface area contributed by atoms with E-state index in [1.807, 2.05) is 43.3 Å². The number of esters is 1. The number of hydrogen-bond acceptors (Lipinski definition) is 6. The Labute approximate surface area is 166 Å². The van der Waals surface area contributed by atoms with Crippen molar-refractivity contribution in [3.63, 3.8) is 0 Å². The maximum absolute atomic E-state index is 12.0. The molecule has 0 heterocycles. The molecule has 0 aliphatic heterocycles. The van der Waals surface area contributed by atoms with Crippen LogP contribution in [0.15, 0.2) is 36.4 Å². The minimum atomic E-state index is -0.477. The molecule has 0 bridgehead atoms. The van der Waals surface area contributed by atoms with Crippen LogP contribution in [0.1, 0.15) is 37.3 Å². The Balaban J connectivity index is 2.70. The van der Waals surface area contributed by atoms with E-state index in [9.17, 15) is 4.79 Å². The van der Waals surface area contributed by atoms with E-state index in [-0.39, 0.29) is 11.9 Å². The fourth-order valence-corrected chi connectivity index (χ4v) is 3.20. The highest BCUT2D eigenvalue weighted by atomic mass is 16.5. The topological polar surface area (TPSA) is 63.2 Å². The molecule has 0 saturated heterocycles. The molecule has 0 aliphatic rings. The van der Waals surface area contributed by atoms with Crippen LogP contribution in [0.3, 0.4) is 0 Å². The van der Waals surface area contributed by atoms with Gasteiger partial charge in [0.15, 0.2) is 0 Å². The lowest BCUT2D eigenvalue weighted by molar-refractivity contribution is -0.148. The first-order chi connectivity index (χ1) is 13.5. The van der Waals surface area contributed by atoms with Gasteiger partial charge in [-0.2, -0.15) is 0 Å². The van der Waals surface area contributed by atoms with E-state index in [0.717, 1.165) is 11.1 Å². The summed E-state index contributed by atoms with van der Waals surface area (Å²) in [6.45, 7) is 3.62. The van der Waals surface area contributed by atoms with Crippen molar-refractivity contribution in [1.29, 1.82) is 0 Å². The summed E-state index contributed by atoms with van der Waals surface area (Å²) in [4.78, 5) is 12.0. The number of benzene rings is 2. The van der Waals surface area contributed by atoms with Gasteiger partial charge in [-0.15, -0.1) is 0 Å². The van der Waals surface area contributed by atoms with Crippen LogP contribution in [0, 0.1) is 0 Å². The summed E-state index contributed by atoms with van der Waals surface area (Å²) >= 11 is 0. The van der Waals surface area contributed by atoms with Gasteiger partial charge in [-0.25, -0.2) is 0 Å². The Bertz CT molecular complexity index is 746. The summed E-state index contributed by atoms with van der Waals surface area (Å²) in [5.41, 5.74) is 1.65. The minimum Gasteiger partial charge on any atom is -0.497 e. The van der Waals surface area contributed by atoms with Crippen LogP contribution in [0.2, 0.25) is 0 Å². The first kappa shape index (κ1) is 21.4. The Morgan fingerprint density at radius 2 is 1.29 bits per heavy atom. The predicted molar refractivity (Wildman–Crippen MR) is 107 cm³/mol. The van der Waals surface area contributed by atoms with E-state index >= 15 is 0 Å². The number of hydrogen-bond donors (Lipinski definition) is 0. The van der Waals surface area contributed by atoms with Gasteiger partial charge in [0.2, 0.25) is 0 Å². The van der Waals surface area contributed by atoms with Crippen molar-refractivity contribution in [3.05, 3.63) is 47.5 Å². The maximum Gasteiger partial charge on any atom is 0.305 e. The zero-order valence-corrected chi connectivity index (χ0v) is 17.3. The van der Waals surface area contributed by atoms with Gasteiger partial charge in [0, 0.05) is 17.5 Å². The van der Waals surface area contributed by atoms with Crippen LogP contribution in [-0.2, 0) is 9.53 Å². The monoisotopic (exact) mass is 388 g/mol. The molecule has 2 aromatic carbocycles. The number of carbonyl (C=O) groups is 1. The van der Waals surface area contributed by atoms with E-state index in [4.69, 9.17) is 23.7 Å². The molecular formula is C22H28O6. The number of rotatable bonds is 9. The highest BCUT2D eigenvalue weighted by Crippen LogP contribution is 2.42. The normalized spacial score (nSPS) is 11.7. The van der Waals surface area contributed by atoms with E-state index in [1.165, 1.54) is 0 Å². The highest BCUT2D eigenvalue weighted by Gasteiger charge is 2.30. The van der Waals surface area contributed by atoms with Gasteiger partial charge in [-0.05, 0) is 43.3 Å². The second kappa shape index (κ2) is 9.88. The number of ether oxygens (including phenoxy) is 5. The van der Waals surface area contributed by atoms with Crippen molar-refractivity contribution < 1.29 is 28.5 Å². The van der Waals surface area contributed by atoms with Gasteiger partial charge in [0.05, 0.1) is 34.4 Å². The van der Waals surface area contributed by atoms with Crippen molar-refractivity contribution >= 4 is 5.97 Å². The number of methoxy groups -OCH3 is 4. The molecule has 0 saturated carbocycles. The van der Waals surface area contributed by atoms with Gasteiger partial charge in [0.25, 0.3) is 0 Å². The van der Waals surface area contributed by atoms with Gasteiger partial charge in [-0.1, -0.05) is 6.92 Å². The molecule has 28 heavy (non-hydrogen) atoms. The Kier molecular flexibility index (Phi) is 7.55. The second-order valence-corrected chi connectivity index (χ2v) is 6.24. The minimum absolute atomic E-state index is 0.277. The summed E-state index contributed by atoms with van der Waals surface area (Å²) < 4.78 is 27.7. The van der Waals surface area contributed by atoms with Crippen LogP contribution in [0.5, 0.6) is 23.0 Å². The third-order valence-corrected chi connectivity index (χ3v) is 4.62. The molecule has 0 fully saturated rings. The van der Waals surface area contributed by atoms with E-state index in [2.05, 4.69) is 0 Å². The quantitative estimate of drug-likeness (QED) is 0.600. The fraction of sp³-hybridized carbons (Fsp3) is 0.409. The molecular weight excluding hydrogens is 360 g/mol. The fourth-order valence-electron chi connectivity index (χ4n) is 3.20. The lowest BCUT2D eigenvalue weighted by Gasteiger charge is -2.28. The van der Waals surface area contributed by atoms with Gasteiger partial charge in [-0.3, -0.25) is 4.79 Å². The third kappa shape index (κ3) is 4.68. The lowest BCUT2D eigenvalue weighted by Crippen LogP contribution is -2.24. The highest BCUT2D eigenvalue weighted by molar-refractivity contribution is 5.69. The SMILES string of the molecule is CCC(=O)OC(C)C(c1cc(OC)ccc1OC)c1cc(OC)ccc1OC. The number of carbonyl (C=O) groups excluding carboxylic acids is 1. The zero-order valence-electron chi connectivity index (χ0n) is 17.3. The Morgan fingerprint density at radius 1 is 0.821 bits per heavy atom.